The third-order valence-electron chi connectivity index (χ3n) is 2.35. The highest BCUT2D eigenvalue weighted by Gasteiger charge is 2.15. The van der Waals surface area contributed by atoms with E-state index >= 15 is 0 Å². The summed E-state index contributed by atoms with van der Waals surface area (Å²) in [5.41, 5.74) is 11.3. The van der Waals surface area contributed by atoms with Gasteiger partial charge in [-0.2, -0.15) is 0 Å². The Morgan fingerprint density at radius 1 is 1.12 bits per heavy atom. The molecule has 0 bridgehead atoms. The second-order valence-corrected chi connectivity index (χ2v) is 3.67. The van der Waals surface area contributed by atoms with Gasteiger partial charge in [-0.15, -0.1) is 10.2 Å². The van der Waals surface area contributed by atoms with Crippen LogP contribution in [0.25, 0.3) is 0 Å². The van der Waals surface area contributed by atoms with Crippen LogP contribution in [0, 0.1) is 0 Å². The third kappa shape index (κ3) is 3.15. The quantitative estimate of drug-likeness (QED) is 0.554. The molecule has 0 aliphatic rings. The molecule has 0 aromatic carbocycles. The Hall–Kier alpha value is -1.72. The predicted octanol–water partition coefficient (Wildman–Crippen LogP) is 1.19. The van der Waals surface area contributed by atoms with Crippen LogP contribution in [0.15, 0.2) is 0 Å². The molecular weight excluding hydrogens is 206 g/mol. The van der Waals surface area contributed by atoms with Crippen LogP contribution in [0.1, 0.15) is 49.4 Å². The van der Waals surface area contributed by atoms with Gasteiger partial charge in [-0.1, -0.05) is 26.2 Å². The maximum atomic E-state index is 11.8. The van der Waals surface area contributed by atoms with E-state index in [2.05, 4.69) is 22.3 Å². The van der Waals surface area contributed by atoms with Gasteiger partial charge < -0.3 is 11.5 Å². The number of hydrogen-bond donors (Lipinski definition) is 2. The Morgan fingerprint density at radius 2 is 1.75 bits per heavy atom. The molecule has 0 spiro atoms. The molecule has 6 nitrogen and oxygen atoms in total. The van der Waals surface area contributed by atoms with Crippen molar-refractivity contribution in [3.05, 3.63) is 5.56 Å². The molecule has 6 heteroatoms. The number of anilines is 2. The number of hydrogen-bond acceptors (Lipinski definition) is 6. The fourth-order valence-corrected chi connectivity index (χ4v) is 1.47. The second-order valence-electron chi connectivity index (χ2n) is 3.67. The van der Waals surface area contributed by atoms with E-state index < -0.39 is 0 Å². The minimum atomic E-state index is -0.103. The highest BCUT2D eigenvalue weighted by Crippen LogP contribution is 2.17. The van der Waals surface area contributed by atoms with Crippen molar-refractivity contribution in [2.75, 3.05) is 11.5 Å². The number of carbonyl (C=O) groups excluding carboxylic acids is 1. The lowest BCUT2D eigenvalue weighted by Crippen LogP contribution is -2.12. The first-order chi connectivity index (χ1) is 7.66. The van der Waals surface area contributed by atoms with Crippen molar-refractivity contribution < 1.29 is 4.79 Å². The van der Waals surface area contributed by atoms with Crippen molar-refractivity contribution in [1.29, 1.82) is 0 Å². The van der Waals surface area contributed by atoms with Crippen LogP contribution < -0.4 is 11.5 Å². The molecular formula is C10H17N5O. The van der Waals surface area contributed by atoms with Crippen LogP contribution in [0.5, 0.6) is 0 Å². The van der Waals surface area contributed by atoms with E-state index in [-0.39, 0.29) is 23.0 Å². The van der Waals surface area contributed by atoms with E-state index in [1.54, 1.807) is 0 Å². The Morgan fingerprint density at radius 3 is 2.31 bits per heavy atom. The Balaban J connectivity index is 2.59. The summed E-state index contributed by atoms with van der Waals surface area (Å²) in [7, 11) is 0. The van der Waals surface area contributed by atoms with Crippen LogP contribution in [0.4, 0.5) is 11.6 Å². The molecule has 1 aromatic heterocycles. The molecule has 0 atom stereocenters. The fourth-order valence-electron chi connectivity index (χ4n) is 1.47. The number of unbranched alkanes of at least 4 members (excludes halogenated alkanes) is 3. The summed E-state index contributed by atoms with van der Waals surface area (Å²) in [5, 5.41) is 10.4. The summed E-state index contributed by atoms with van der Waals surface area (Å²) in [4.78, 5) is 11.8. The lowest BCUT2D eigenvalue weighted by atomic mass is 10.1. The van der Waals surface area contributed by atoms with Gasteiger partial charge in [0.2, 0.25) is 0 Å². The van der Waals surface area contributed by atoms with Gasteiger partial charge in [0, 0.05) is 6.42 Å². The zero-order valence-electron chi connectivity index (χ0n) is 9.44. The molecule has 16 heavy (non-hydrogen) atoms. The van der Waals surface area contributed by atoms with Crippen molar-refractivity contribution in [3.63, 3.8) is 0 Å². The Labute approximate surface area is 94.4 Å². The van der Waals surface area contributed by atoms with E-state index in [0.29, 0.717) is 6.42 Å². The van der Waals surface area contributed by atoms with E-state index in [4.69, 9.17) is 11.5 Å². The topological polar surface area (TPSA) is 108 Å². The molecule has 0 amide bonds. The Bertz CT molecular complexity index is 346. The van der Waals surface area contributed by atoms with Gasteiger partial charge in [0.1, 0.15) is 5.56 Å². The second kappa shape index (κ2) is 5.99. The van der Waals surface area contributed by atoms with Crippen molar-refractivity contribution in [2.24, 2.45) is 0 Å². The first-order valence-electron chi connectivity index (χ1n) is 5.44. The summed E-state index contributed by atoms with van der Waals surface area (Å²) < 4.78 is 0. The van der Waals surface area contributed by atoms with Gasteiger partial charge in [-0.3, -0.25) is 4.79 Å². The summed E-state index contributed by atoms with van der Waals surface area (Å²) in [6.45, 7) is 2.12. The van der Waals surface area contributed by atoms with E-state index in [1.807, 2.05) is 0 Å². The SMILES string of the molecule is CCCCCCC(=O)c1c(N)nnnc1N. The van der Waals surface area contributed by atoms with Crippen molar-refractivity contribution in [2.45, 2.75) is 39.0 Å². The smallest absolute Gasteiger partial charge is 0.170 e. The van der Waals surface area contributed by atoms with Crippen LogP contribution in [0.3, 0.4) is 0 Å². The molecule has 88 valence electrons. The predicted molar refractivity (Wildman–Crippen MR) is 61.7 cm³/mol. The zero-order valence-corrected chi connectivity index (χ0v) is 9.44. The number of aromatic nitrogens is 3. The highest BCUT2D eigenvalue weighted by molar-refractivity contribution is 6.03. The van der Waals surface area contributed by atoms with Crippen LogP contribution in [-0.2, 0) is 0 Å². The van der Waals surface area contributed by atoms with Gasteiger partial charge in [-0.25, -0.2) is 0 Å². The zero-order chi connectivity index (χ0) is 12.0. The number of carbonyl (C=O) groups is 1. The van der Waals surface area contributed by atoms with Crippen molar-refractivity contribution in [1.82, 2.24) is 15.4 Å². The fraction of sp³-hybridized carbons (Fsp3) is 0.600. The van der Waals surface area contributed by atoms with Crippen LogP contribution >= 0.6 is 0 Å². The van der Waals surface area contributed by atoms with E-state index in [9.17, 15) is 4.79 Å². The number of nitrogens with zero attached hydrogens (tertiary/aromatic N) is 3. The number of rotatable bonds is 6. The number of ketones is 1. The standard InChI is InChI=1S/C10H17N5O/c1-2-3-4-5-6-7(16)8-9(11)13-15-14-10(8)12/h2-6H2,1H3,(H4,11,12,13,14). The molecule has 1 rings (SSSR count). The lowest BCUT2D eigenvalue weighted by molar-refractivity contribution is 0.0980. The first kappa shape index (κ1) is 12.4. The van der Waals surface area contributed by atoms with Gasteiger partial charge >= 0.3 is 0 Å². The average molecular weight is 223 g/mol. The maximum absolute atomic E-state index is 11.8. The molecule has 1 aromatic rings. The van der Waals surface area contributed by atoms with Crippen molar-refractivity contribution in [3.8, 4) is 0 Å². The number of Topliss-reactive ketones (excluding diaryl/α,β-unsaturated/α-hetero) is 1. The summed E-state index contributed by atoms with van der Waals surface area (Å²) in [5.74, 6) is 0.0227. The van der Waals surface area contributed by atoms with E-state index in [1.165, 1.54) is 0 Å². The molecule has 0 radical (unpaired) electrons. The van der Waals surface area contributed by atoms with Gasteiger partial charge in [-0.05, 0) is 11.6 Å². The van der Waals surface area contributed by atoms with Gasteiger partial charge in [0.25, 0.3) is 0 Å². The molecule has 0 unspecified atom stereocenters. The van der Waals surface area contributed by atoms with Gasteiger partial charge in [0.15, 0.2) is 17.4 Å². The minimum Gasteiger partial charge on any atom is -0.381 e. The lowest BCUT2D eigenvalue weighted by Gasteiger charge is -2.04. The maximum Gasteiger partial charge on any atom is 0.170 e. The highest BCUT2D eigenvalue weighted by atomic mass is 16.1. The largest absolute Gasteiger partial charge is 0.381 e. The molecule has 0 aliphatic heterocycles. The minimum absolute atomic E-state index is 0.0630. The number of nitrogen functional groups attached to an aromatic ring is 2. The summed E-state index contributed by atoms with van der Waals surface area (Å²) >= 11 is 0. The molecule has 1 heterocycles. The van der Waals surface area contributed by atoms with Gasteiger partial charge in [0.05, 0.1) is 0 Å². The van der Waals surface area contributed by atoms with E-state index in [0.717, 1.165) is 25.7 Å². The number of nitrogens with two attached hydrogens (primary N) is 2. The normalized spacial score (nSPS) is 10.3. The Kier molecular flexibility index (Phi) is 4.63. The molecule has 4 N–H and O–H groups in total. The van der Waals surface area contributed by atoms with Crippen LogP contribution in [-0.4, -0.2) is 21.2 Å². The third-order valence-corrected chi connectivity index (χ3v) is 2.35. The molecule has 0 saturated carbocycles. The summed E-state index contributed by atoms with van der Waals surface area (Å²) in [6.07, 6.45) is 4.57. The average Bonchev–Trinajstić information content (AvgIpc) is 2.24. The monoisotopic (exact) mass is 223 g/mol. The van der Waals surface area contributed by atoms with Crippen molar-refractivity contribution >= 4 is 17.4 Å². The van der Waals surface area contributed by atoms with Crippen LogP contribution in [0.2, 0.25) is 0 Å². The molecule has 0 saturated heterocycles. The first-order valence-corrected chi connectivity index (χ1v) is 5.44. The molecule has 0 fully saturated rings. The molecule has 0 aliphatic carbocycles. The summed E-state index contributed by atoms with van der Waals surface area (Å²) in [6, 6.07) is 0.